The molecular weight excluding hydrogens is 322 g/mol. The highest BCUT2D eigenvalue weighted by Crippen LogP contribution is 2.27. The van der Waals surface area contributed by atoms with Gasteiger partial charge in [-0.25, -0.2) is 0 Å². The molecule has 1 saturated carbocycles. The van der Waals surface area contributed by atoms with Gasteiger partial charge in [-0.05, 0) is 37.5 Å². The number of nitrogens with one attached hydrogen (secondary N) is 1. The summed E-state index contributed by atoms with van der Waals surface area (Å²) in [7, 11) is 0. The summed E-state index contributed by atoms with van der Waals surface area (Å²) in [5.41, 5.74) is 1.01. The zero-order valence-corrected chi connectivity index (χ0v) is 13.0. The minimum absolute atomic E-state index is 0.00620. The predicted octanol–water partition coefficient (Wildman–Crippen LogP) is 2.97. The molecule has 1 amide bonds. The first-order valence-electron chi connectivity index (χ1n) is 6.77. The van der Waals surface area contributed by atoms with Crippen LogP contribution >= 0.6 is 15.9 Å². The predicted molar refractivity (Wildman–Crippen MR) is 79.0 cm³/mol. The lowest BCUT2D eigenvalue weighted by atomic mass is 9.86. The number of ether oxygens (including phenoxy) is 1. The molecule has 1 aromatic rings. The van der Waals surface area contributed by atoms with Crippen LogP contribution in [0.1, 0.15) is 37.8 Å². The first-order chi connectivity index (χ1) is 9.56. The van der Waals surface area contributed by atoms with E-state index in [-0.39, 0.29) is 30.4 Å². The Hall–Kier alpha value is -1.36. The summed E-state index contributed by atoms with van der Waals surface area (Å²) >= 11 is 3.37. The highest BCUT2D eigenvalue weighted by molar-refractivity contribution is 9.10. The zero-order chi connectivity index (χ0) is 14.5. The lowest BCUT2D eigenvalue weighted by Crippen LogP contribution is -2.33. The second-order valence-electron chi connectivity index (χ2n) is 5.08. The average molecular weight is 340 g/mol. The molecule has 0 bridgehead atoms. The first-order valence-corrected chi connectivity index (χ1v) is 7.57. The second-order valence-corrected chi connectivity index (χ2v) is 5.99. The van der Waals surface area contributed by atoms with Crippen molar-refractivity contribution in [2.45, 2.75) is 32.2 Å². The third-order valence-electron chi connectivity index (χ3n) is 3.53. The summed E-state index contributed by atoms with van der Waals surface area (Å²) in [4.78, 5) is 23.2. The molecule has 108 valence electrons. The van der Waals surface area contributed by atoms with Crippen LogP contribution in [0.4, 0.5) is 0 Å². The Labute approximate surface area is 127 Å². The third kappa shape index (κ3) is 4.07. The molecule has 1 aromatic carbocycles. The fourth-order valence-corrected chi connectivity index (χ4v) is 2.28. The van der Waals surface area contributed by atoms with Crippen molar-refractivity contribution in [3.05, 3.63) is 34.3 Å². The van der Waals surface area contributed by atoms with Crippen LogP contribution in [0.2, 0.25) is 0 Å². The lowest BCUT2D eigenvalue weighted by molar-refractivity contribution is -0.155. The summed E-state index contributed by atoms with van der Waals surface area (Å²) in [5, 5.41) is 2.81. The number of benzene rings is 1. The second kappa shape index (κ2) is 6.88. The maximum Gasteiger partial charge on any atom is 0.309 e. The van der Waals surface area contributed by atoms with E-state index in [0.717, 1.165) is 29.3 Å². The van der Waals surface area contributed by atoms with Crippen molar-refractivity contribution in [1.82, 2.24) is 5.32 Å². The molecule has 1 aliphatic rings. The molecule has 0 aromatic heterocycles. The summed E-state index contributed by atoms with van der Waals surface area (Å²) in [6, 6.07) is 7.62. The van der Waals surface area contributed by atoms with Gasteiger partial charge in [0.25, 0.3) is 5.91 Å². The Kier molecular flexibility index (Phi) is 5.17. The van der Waals surface area contributed by atoms with Crippen LogP contribution in [0.15, 0.2) is 28.7 Å². The van der Waals surface area contributed by atoms with Crippen molar-refractivity contribution < 1.29 is 14.3 Å². The quantitative estimate of drug-likeness (QED) is 0.839. The number of esters is 1. The number of amides is 1. The monoisotopic (exact) mass is 339 g/mol. The topological polar surface area (TPSA) is 55.4 Å². The van der Waals surface area contributed by atoms with E-state index in [1.54, 1.807) is 0 Å². The highest BCUT2D eigenvalue weighted by atomic mass is 79.9. The van der Waals surface area contributed by atoms with Gasteiger partial charge >= 0.3 is 5.97 Å². The van der Waals surface area contributed by atoms with Gasteiger partial charge in [-0.1, -0.05) is 34.5 Å². The average Bonchev–Trinajstić information content (AvgIpc) is 2.35. The van der Waals surface area contributed by atoms with Crippen LogP contribution in [0, 0.1) is 5.92 Å². The molecular formula is C15H18BrNO3. The molecule has 4 nitrogen and oxygen atoms in total. The summed E-state index contributed by atoms with van der Waals surface area (Å²) < 4.78 is 6.00. The molecule has 0 aliphatic heterocycles. The van der Waals surface area contributed by atoms with E-state index in [1.165, 1.54) is 0 Å². The van der Waals surface area contributed by atoms with Gasteiger partial charge in [-0.2, -0.15) is 0 Å². The van der Waals surface area contributed by atoms with Gasteiger partial charge in [0, 0.05) is 4.47 Å². The third-order valence-corrected chi connectivity index (χ3v) is 4.06. The van der Waals surface area contributed by atoms with Gasteiger partial charge in [-0.15, -0.1) is 0 Å². The van der Waals surface area contributed by atoms with Crippen molar-refractivity contribution in [3.63, 3.8) is 0 Å². The van der Waals surface area contributed by atoms with E-state index in [1.807, 2.05) is 31.2 Å². The van der Waals surface area contributed by atoms with Crippen LogP contribution in [-0.4, -0.2) is 18.5 Å². The van der Waals surface area contributed by atoms with Crippen LogP contribution < -0.4 is 5.32 Å². The molecule has 0 radical (unpaired) electrons. The zero-order valence-electron chi connectivity index (χ0n) is 11.4. The molecule has 0 unspecified atom stereocenters. The Morgan fingerprint density at radius 1 is 1.35 bits per heavy atom. The van der Waals surface area contributed by atoms with E-state index in [9.17, 15) is 9.59 Å². The van der Waals surface area contributed by atoms with Gasteiger partial charge < -0.3 is 10.1 Å². The standard InChI is InChI=1S/C15H18BrNO3/c1-10(11-5-7-13(16)8-6-11)17-14(18)9-20-15(19)12-3-2-4-12/h5-8,10,12H,2-4,9H2,1H3,(H,17,18)/t10-/m1/s1. The number of hydrogen-bond donors (Lipinski definition) is 1. The maximum absolute atomic E-state index is 11.7. The Bertz CT molecular complexity index is 482. The summed E-state index contributed by atoms with van der Waals surface area (Å²) in [6.07, 6.45) is 2.85. The molecule has 0 spiro atoms. The van der Waals surface area contributed by atoms with Gasteiger partial charge in [-0.3, -0.25) is 9.59 Å². The molecule has 20 heavy (non-hydrogen) atoms. The lowest BCUT2D eigenvalue weighted by Gasteiger charge is -2.23. The summed E-state index contributed by atoms with van der Waals surface area (Å²) in [6.45, 7) is 1.70. The number of halogens is 1. The van der Waals surface area contributed by atoms with Gasteiger partial charge in [0.1, 0.15) is 0 Å². The van der Waals surface area contributed by atoms with Crippen molar-refractivity contribution in [2.24, 2.45) is 5.92 Å². The molecule has 5 heteroatoms. The minimum Gasteiger partial charge on any atom is -0.455 e. The maximum atomic E-state index is 11.7. The Morgan fingerprint density at radius 3 is 2.55 bits per heavy atom. The van der Waals surface area contributed by atoms with Crippen LogP contribution in [0.3, 0.4) is 0 Å². The van der Waals surface area contributed by atoms with Crippen molar-refractivity contribution in [1.29, 1.82) is 0 Å². The number of rotatable bonds is 5. The van der Waals surface area contributed by atoms with Crippen molar-refractivity contribution in [2.75, 3.05) is 6.61 Å². The normalized spacial score (nSPS) is 16.1. The fraction of sp³-hybridized carbons (Fsp3) is 0.467. The fourth-order valence-electron chi connectivity index (χ4n) is 2.02. The largest absolute Gasteiger partial charge is 0.455 e. The van der Waals surface area contributed by atoms with E-state index in [2.05, 4.69) is 21.2 Å². The molecule has 0 heterocycles. The minimum atomic E-state index is -0.270. The van der Waals surface area contributed by atoms with E-state index < -0.39 is 0 Å². The highest BCUT2D eigenvalue weighted by Gasteiger charge is 2.27. The SMILES string of the molecule is C[C@@H](NC(=O)COC(=O)C1CCC1)c1ccc(Br)cc1. The van der Waals surface area contributed by atoms with Crippen LogP contribution in [0.25, 0.3) is 0 Å². The van der Waals surface area contributed by atoms with Gasteiger partial charge in [0.2, 0.25) is 0 Å². The summed E-state index contributed by atoms with van der Waals surface area (Å²) in [5.74, 6) is -0.512. The molecule has 1 fully saturated rings. The molecule has 2 rings (SSSR count). The van der Waals surface area contributed by atoms with Gasteiger partial charge in [0.15, 0.2) is 6.61 Å². The number of hydrogen-bond acceptors (Lipinski definition) is 3. The Morgan fingerprint density at radius 2 is 2.00 bits per heavy atom. The number of carbonyl (C=O) groups excluding carboxylic acids is 2. The van der Waals surface area contributed by atoms with Crippen molar-refractivity contribution >= 4 is 27.8 Å². The smallest absolute Gasteiger partial charge is 0.309 e. The van der Waals surface area contributed by atoms with Crippen LogP contribution in [0.5, 0.6) is 0 Å². The molecule has 0 saturated heterocycles. The molecule has 1 atom stereocenters. The van der Waals surface area contributed by atoms with E-state index >= 15 is 0 Å². The number of carbonyl (C=O) groups is 2. The molecule has 1 aliphatic carbocycles. The Balaban J connectivity index is 1.75. The van der Waals surface area contributed by atoms with E-state index in [4.69, 9.17) is 4.74 Å². The van der Waals surface area contributed by atoms with Crippen LogP contribution in [-0.2, 0) is 14.3 Å². The van der Waals surface area contributed by atoms with Gasteiger partial charge in [0.05, 0.1) is 12.0 Å². The van der Waals surface area contributed by atoms with E-state index in [0.29, 0.717) is 0 Å². The molecule has 1 N–H and O–H groups in total. The van der Waals surface area contributed by atoms with Crippen molar-refractivity contribution in [3.8, 4) is 0 Å². The first kappa shape index (κ1) is 15.0.